The summed E-state index contributed by atoms with van der Waals surface area (Å²) in [5, 5.41) is 6.67. The fourth-order valence-corrected chi connectivity index (χ4v) is 0.711. The van der Waals surface area contributed by atoms with Crippen molar-refractivity contribution in [2.24, 2.45) is 0 Å². The highest BCUT2D eigenvalue weighted by atomic mass is 79.9. The number of halogens is 1. The Morgan fingerprint density at radius 2 is 2.60 bits per heavy atom. The van der Waals surface area contributed by atoms with E-state index in [9.17, 15) is 0 Å². The summed E-state index contributed by atoms with van der Waals surface area (Å²) in [6.45, 7) is 6.59. The van der Waals surface area contributed by atoms with Gasteiger partial charge in [0.05, 0.1) is 6.54 Å². The molecule has 1 aromatic heterocycles. The molecule has 0 aliphatic heterocycles. The van der Waals surface area contributed by atoms with Gasteiger partial charge in [-0.1, -0.05) is 6.58 Å². The molecule has 0 saturated heterocycles. The molecule has 0 aromatic carbocycles. The number of aromatic amines is 1. The molecule has 0 unspecified atom stereocenters. The van der Waals surface area contributed by atoms with E-state index in [-0.39, 0.29) is 17.0 Å². The standard InChI is InChI=1S/C6H9N3.BrH/c1-3-6-8-7-5-9(6)4-2;/h3,5H,1,4H2,2H3;1H. The Kier molecular flexibility index (Phi) is 3.95. The maximum atomic E-state index is 3.93. The van der Waals surface area contributed by atoms with E-state index in [0.717, 1.165) is 12.4 Å². The molecule has 0 amide bonds. The quantitative estimate of drug-likeness (QED) is 0.525. The smallest absolute Gasteiger partial charge is 0.300 e. The number of nitrogens with zero attached hydrogens (tertiary/aromatic N) is 2. The first-order valence-corrected chi connectivity index (χ1v) is 2.94. The summed E-state index contributed by atoms with van der Waals surface area (Å²) in [5.41, 5.74) is 0. The molecule has 0 radical (unpaired) electrons. The summed E-state index contributed by atoms with van der Waals surface area (Å²) in [4.78, 5) is 0. The van der Waals surface area contributed by atoms with E-state index in [4.69, 9.17) is 0 Å². The third-order valence-corrected chi connectivity index (χ3v) is 1.21. The molecule has 0 atom stereocenters. The average Bonchev–Trinajstić information content (AvgIpc) is 2.33. The molecule has 10 heavy (non-hydrogen) atoms. The summed E-state index contributed by atoms with van der Waals surface area (Å²) in [6, 6.07) is 0. The summed E-state index contributed by atoms with van der Waals surface area (Å²) < 4.78 is 1.98. The van der Waals surface area contributed by atoms with Crippen LogP contribution in [0.3, 0.4) is 0 Å². The second kappa shape index (κ2) is 4.22. The Morgan fingerprint density at radius 3 is 3.00 bits per heavy atom. The van der Waals surface area contributed by atoms with Gasteiger partial charge in [0, 0.05) is 11.2 Å². The zero-order chi connectivity index (χ0) is 6.69. The van der Waals surface area contributed by atoms with Crippen LogP contribution in [-0.4, -0.2) is 10.2 Å². The van der Waals surface area contributed by atoms with Crippen molar-refractivity contribution < 1.29 is 21.5 Å². The minimum atomic E-state index is 0. The van der Waals surface area contributed by atoms with Crippen LogP contribution in [-0.2, 0) is 6.54 Å². The van der Waals surface area contributed by atoms with Gasteiger partial charge in [-0.2, -0.15) is 0 Å². The third-order valence-electron chi connectivity index (χ3n) is 1.21. The van der Waals surface area contributed by atoms with E-state index < -0.39 is 0 Å². The first-order chi connectivity index (χ1) is 4.38. The maximum Gasteiger partial charge on any atom is 0.300 e. The zero-order valence-corrected chi connectivity index (χ0v) is 7.43. The first-order valence-electron chi connectivity index (χ1n) is 2.94. The Balaban J connectivity index is 0.000000810. The molecule has 0 spiro atoms. The Hall–Kier alpha value is -0.640. The van der Waals surface area contributed by atoms with Crippen LogP contribution in [0.5, 0.6) is 0 Å². The van der Waals surface area contributed by atoms with E-state index in [2.05, 4.69) is 23.7 Å². The van der Waals surface area contributed by atoms with Gasteiger partial charge in [-0.15, -0.1) is 5.10 Å². The van der Waals surface area contributed by atoms with E-state index in [1.807, 2.05) is 10.9 Å². The second-order valence-electron chi connectivity index (χ2n) is 1.72. The lowest BCUT2D eigenvalue weighted by molar-refractivity contribution is -0.695. The molecule has 0 aliphatic carbocycles. The van der Waals surface area contributed by atoms with Gasteiger partial charge in [-0.25, -0.2) is 4.57 Å². The first kappa shape index (κ1) is 9.36. The van der Waals surface area contributed by atoms with E-state index in [1.54, 1.807) is 6.08 Å². The van der Waals surface area contributed by atoms with Gasteiger partial charge in [0.15, 0.2) is 0 Å². The topological polar surface area (TPSA) is 32.6 Å². The third kappa shape index (κ3) is 1.67. The normalized spacial score (nSPS) is 8.50. The number of rotatable bonds is 2. The molecule has 0 saturated carbocycles. The van der Waals surface area contributed by atoms with Crippen molar-refractivity contribution in [2.45, 2.75) is 13.5 Å². The number of aromatic nitrogens is 3. The molecule has 56 valence electrons. The number of nitrogens with one attached hydrogen (secondary N) is 1. The Labute approximate surface area is 70.5 Å². The van der Waals surface area contributed by atoms with Crippen LogP contribution >= 0.6 is 0 Å². The molecule has 1 heterocycles. The van der Waals surface area contributed by atoms with Crippen LogP contribution < -0.4 is 21.5 Å². The van der Waals surface area contributed by atoms with Crippen molar-refractivity contribution in [3.8, 4) is 0 Å². The predicted molar refractivity (Wildman–Crippen MR) is 34.5 cm³/mol. The molecule has 0 bridgehead atoms. The van der Waals surface area contributed by atoms with Crippen LogP contribution in [0.2, 0.25) is 0 Å². The Morgan fingerprint density at radius 1 is 1.90 bits per heavy atom. The van der Waals surface area contributed by atoms with Gasteiger partial charge in [0.2, 0.25) is 6.33 Å². The fourth-order valence-electron chi connectivity index (χ4n) is 0.711. The van der Waals surface area contributed by atoms with Gasteiger partial charge in [0.1, 0.15) is 0 Å². The van der Waals surface area contributed by atoms with Crippen molar-refractivity contribution >= 4 is 6.08 Å². The van der Waals surface area contributed by atoms with Crippen molar-refractivity contribution in [1.82, 2.24) is 10.2 Å². The molecule has 1 rings (SSSR count). The van der Waals surface area contributed by atoms with Crippen LogP contribution in [0.25, 0.3) is 6.08 Å². The summed E-state index contributed by atoms with van der Waals surface area (Å²) in [5.74, 6) is 0.887. The SMILES string of the molecule is C=Cc1n[nH]c[n+]1CC.[Br-]. The average molecular weight is 204 g/mol. The minimum Gasteiger partial charge on any atom is -1.00 e. The van der Waals surface area contributed by atoms with Crippen LogP contribution in [0.1, 0.15) is 12.7 Å². The largest absolute Gasteiger partial charge is 1.00 e. The highest BCUT2D eigenvalue weighted by molar-refractivity contribution is 5.30. The van der Waals surface area contributed by atoms with Crippen molar-refractivity contribution in [3.05, 3.63) is 18.7 Å². The summed E-state index contributed by atoms with van der Waals surface area (Å²) in [6.07, 6.45) is 3.54. The zero-order valence-electron chi connectivity index (χ0n) is 5.84. The van der Waals surface area contributed by atoms with Gasteiger partial charge in [-0.05, 0) is 6.92 Å². The summed E-state index contributed by atoms with van der Waals surface area (Å²) >= 11 is 0. The second-order valence-corrected chi connectivity index (χ2v) is 1.72. The minimum absolute atomic E-state index is 0. The molecule has 4 heteroatoms. The van der Waals surface area contributed by atoms with Gasteiger partial charge in [0.25, 0.3) is 0 Å². The lowest BCUT2D eigenvalue weighted by Crippen LogP contribution is -3.00. The molecule has 1 N–H and O–H groups in total. The lowest BCUT2D eigenvalue weighted by Gasteiger charge is -1.85. The highest BCUT2D eigenvalue weighted by Crippen LogP contribution is 1.82. The molecule has 0 aliphatic rings. The predicted octanol–water partition coefficient (Wildman–Crippen LogP) is -2.64. The Bertz CT molecular complexity index is 207. The van der Waals surface area contributed by atoms with Crippen molar-refractivity contribution in [1.29, 1.82) is 0 Å². The van der Waals surface area contributed by atoms with Gasteiger partial charge >= 0.3 is 5.82 Å². The van der Waals surface area contributed by atoms with Gasteiger partial charge < -0.3 is 17.0 Å². The van der Waals surface area contributed by atoms with E-state index in [1.165, 1.54) is 0 Å². The molecular weight excluding hydrogens is 194 g/mol. The number of H-pyrrole nitrogens is 1. The van der Waals surface area contributed by atoms with Crippen LogP contribution in [0.15, 0.2) is 12.9 Å². The van der Waals surface area contributed by atoms with E-state index >= 15 is 0 Å². The molecule has 3 nitrogen and oxygen atoms in total. The van der Waals surface area contributed by atoms with Crippen LogP contribution in [0.4, 0.5) is 0 Å². The summed E-state index contributed by atoms with van der Waals surface area (Å²) in [7, 11) is 0. The van der Waals surface area contributed by atoms with E-state index in [0.29, 0.717) is 0 Å². The maximum absolute atomic E-state index is 3.93. The molecular formula is C6H10BrN3. The number of hydrogen-bond donors (Lipinski definition) is 1. The number of aryl methyl sites for hydroxylation is 1. The molecule has 0 fully saturated rings. The van der Waals surface area contributed by atoms with Gasteiger partial charge in [-0.3, -0.25) is 0 Å². The lowest BCUT2D eigenvalue weighted by atomic mass is 10.5. The monoisotopic (exact) mass is 203 g/mol. The van der Waals surface area contributed by atoms with Crippen molar-refractivity contribution in [2.75, 3.05) is 0 Å². The highest BCUT2D eigenvalue weighted by Gasteiger charge is 2.02. The fraction of sp³-hybridized carbons (Fsp3) is 0.333. The number of hydrogen-bond acceptors (Lipinski definition) is 1. The molecule has 1 aromatic rings. The van der Waals surface area contributed by atoms with Crippen LogP contribution in [0, 0.1) is 0 Å². The van der Waals surface area contributed by atoms with Crippen molar-refractivity contribution in [3.63, 3.8) is 0 Å².